The molecule has 0 aliphatic heterocycles. The number of benzene rings is 2. The molecule has 0 saturated carbocycles. The number of carbonyl (C=O) groups is 1. The van der Waals surface area contributed by atoms with E-state index in [-0.39, 0.29) is 6.54 Å². The van der Waals surface area contributed by atoms with Crippen LogP contribution < -0.4 is 4.31 Å². The van der Waals surface area contributed by atoms with E-state index >= 15 is 0 Å². The zero-order valence-corrected chi connectivity index (χ0v) is 20.6. The van der Waals surface area contributed by atoms with Crippen LogP contribution in [0, 0.1) is 0 Å². The average molecular weight is 527 g/mol. The summed E-state index contributed by atoms with van der Waals surface area (Å²) >= 11 is 15.1. The molecule has 0 amide bonds. The molecule has 34 heavy (non-hydrogen) atoms. The Bertz CT molecular complexity index is 1470. The van der Waals surface area contributed by atoms with E-state index in [4.69, 9.17) is 23.2 Å². The van der Waals surface area contributed by atoms with Gasteiger partial charge in [-0.25, -0.2) is 9.97 Å². The van der Waals surface area contributed by atoms with Crippen molar-refractivity contribution < 1.29 is 9.90 Å². The molecule has 170 valence electrons. The number of anilines is 1. The SMILES string of the molecule is O=C(O)CN(Sc1cc(Cl)cc(Cl)c1)c1ccc2c(ccn2-c2cc(-c3nccs3)ccn2)c1. The summed E-state index contributed by atoms with van der Waals surface area (Å²) in [5, 5.41) is 14.3. The minimum atomic E-state index is -0.943. The molecule has 0 atom stereocenters. The van der Waals surface area contributed by atoms with Gasteiger partial charge in [-0.2, -0.15) is 0 Å². The summed E-state index contributed by atoms with van der Waals surface area (Å²) in [6.07, 6.45) is 5.51. The van der Waals surface area contributed by atoms with Crippen LogP contribution in [0.5, 0.6) is 0 Å². The molecule has 3 aromatic heterocycles. The fraction of sp³-hybridized carbons (Fsp3) is 0.0417. The molecule has 2 aromatic carbocycles. The number of carboxylic acids is 1. The summed E-state index contributed by atoms with van der Waals surface area (Å²) in [6, 6.07) is 16.9. The Hall–Kier alpha value is -3.04. The van der Waals surface area contributed by atoms with E-state index in [2.05, 4.69) is 9.97 Å². The maximum absolute atomic E-state index is 11.6. The van der Waals surface area contributed by atoms with Crippen molar-refractivity contribution in [3.8, 4) is 16.4 Å². The Morgan fingerprint density at radius 2 is 1.85 bits per heavy atom. The van der Waals surface area contributed by atoms with E-state index in [9.17, 15) is 9.90 Å². The number of fused-ring (bicyclic) bond motifs is 1. The van der Waals surface area contributed by atoms with E-state index in [1.165, 1.54) is 11.9 Å². The van der Waals surface area contributed by atoms with Crippen molar-refractivity contribution in [3.05, 3.63) is 88.6 Å². The minimum Gasteiger partial charge on any atom is -0.480 e. The monoisotopic (exact) mass is 526 g/mol. The third kappa shape index (κ3) is 4.90. The number of halogens is 2. The Labute approximate surface area is 213 Å². The normalized spacial score (nSPS) is 11.1. The van der Waals surface area contributed by atoms with Gasteiger partial charge in [-0.05, 0) is 66.5 Å². The summed E-state index contributed by atoms with van der Waals surface area (Å²) in [6.45, 7) is -0.196. The number of carboxylic acid groups (broad SMARTS) is 1. The average Bonchev–Trinajstić information content (AvgIpc) is 3.48. The first-order valence-corrected chi connectivity index (χ1v) is 12.5. The quantitative estimate of drug-likeness (QED) is 0.229. The zero-order chi connectivity index (χ0) is 23.7. The van der Waals surface area contributed by atoms with Crippen LogP contribution in [0.3, 0.4) is 0 Å². The lowest BCUT2D eigenvalue weighted by molar-refractivity contribution is -0.135. The second kappa shape index (κ2) is 9.68. The Balaban J connectivity index is 1.49. The van der Waals surface area contributed by atoms with Crippen LogP contribution in [0.25, 0.3) is 27.3 Å². The van der Waals surface area contributed by atoms with Gasteiger partial charge in [0, 0.05) is 55.5 Å². The first-order valence-electron chi connectivity index (χ1n) is 10.1. The second-order valence-corrected chi connectivity index (χ2v) is 10.2. The topological polar surface area (TPSA) is 71.2 Å². The lowest BCUT2D eigenvalue weighted by Crippen LogP contribution is -2.22. The largest absolute Gasteiger partial charge is 0.480 e. The smallest absolute Gasteiger partial charge is 0.324 e. The molecule has 0 saturated heterocycles. The standard InChI is InChI=1S/C24H16Cl2N4O2S2/c25-17-11-18(26)13-20(12-17)34-30(14-23(31)32)19-1-2-21-15(9-19)4-7-29(21)22-10-16(3-5-27-22)24-28-6-8-33-24/h1-13H,14H2,(H,31,32). The molecule has 3 heterocycles. The van der Waals surface area contributed by atoms with Crippen molar-refractivity contribution in [1.29, 1.82) is 0 Å². The molecular weight excluding hydrogens is 511 g/mol. The van der Waals surface area contributed by atoms with Gasteiger partial charge in [0.25, 0.3) is 0 Å². The summed E-state index contributed by atoms with van der Waals surface area (Å²) in [5.74, 6) is -0.165. The molecule has 0 aliphatic carbocycles. The molecule has 5 rings (SSSR count). The first kappa shape index (κ1) is 22.7. The van der Waals surface area contributed by atoms with Crippen molar-refractivity contribution in [2.75, 3.05) is 10.8 Å². The highest BCUT2D eigenvalue weighted by Crippen LogP contribution is 2.34. The van der Waals surface area contributed by atoms with Crippen LogP contribution in [0.2, 0.25) is 10.0 Å². The number of pyridine rings is 1. The van der Waals surface area contributed by atoms with E-state index in [1.807, 2.05) is 52.5 Å². The van der Waals surface area contributed by atoms with Gasteiger partial charge in [0.15, 0.2) is 0 Å². The van der Waals surface area contributed by atoms with Gasteiger partial charge in [0.05, 0.1) is 5.52 Å². The fourth-order valence-corrected chi connectivity index (χ4v) is 5.84. The number of thiazole rings is 1. The van der Waals surface area contributed by atoms with Crippen LogP contribution in [-0.4, -0.2) is 32.2 Å². The van der Waals surface area contributed by atoms with Crippen molar-refractivity contribution in [2.45, 2.75) is 4.90 Å². The van der Waals surface area contributed by atoms with E-state index in [0.29, 0.717) is 10.0 Å². The maximum Gasteiger partial charge on any atom is 0.324 e. The predicted octanol–water partition coefficient (Wildman–Crippen LogP) is 7.05. The number of aromatic nitrogens is 3. The first-order chi connectivity index (χ1) is 16.5. The fourth-order valence-electron chi connectivity index (χ4n) is 3.54. The van der Waals surface area contributed by atoms with Gasteiger partial charge < -0.3 is 14.0 Å². The molecule has 6 nitrogen and oxygen atoms in total. The molecule has 0 bridgehead atoms. The Morgan fingerprint density at radius 3 is 2.59 bits per heavy atom. The summed E-state index contributed by atoms with van der Waals surface area (Å²) < 4.78 is 3.70. The number of hydrogen-bond acceptors (Lipinski definition) is 6. The lowest BCUT2D eigenvalue weighted by Gasteiger charge is -2.22. The number of rotatable bonds is 7. The van der Waals surface area contributed by atoms with Gasteiger partial charge in [-0.1, -0.05) is 23.2 Å². The zero-order valence-electron chi connectivity index (χ0n) is 17.4. The Kier molecular flexibility index (Phi) is 6.47. The van der Waals surface area contributed by atoms with Crippen molar-refractivity contribution in [1.82, 2.24) is 14.5 Å². The lowest BCUT2D eigenvalue weighted by atomic mass is 10.2. The molecular formula is C24H16Cl2N4O2S2. The van der Waals surface area contributed by atoms with Crippen molar-refractivity contribution >= 4 is 69.0 Å². The van der Waals surface area contributed by atoms with Crippen molar-refractivity contribution in [2.24, 2.45) is 0 Å². The van der Waals surface area contributed by atoms with Gasteiger partial charge in [-0.15, -0.1) is 11.3 Å². The van der Waals surface area contributed by atoms with Crippen LogP contribution in [-0.2, 0) is 4.79 Å². The summed E-state index contributed by atoms with van der Waals surface area (Å²) in [4.78, 5) is 21.2. The van der Waals surface area contributed by atoms with E-state index in [1.54, 1.807) is 46.2 Å². The van der Waals surface area contributed by atoms with Crippen molar-refractivity contribution in [3.63, 3.8) is 0 Å². The maximum atomic E-state index is 11.6. The summed E-state index contributed by atoms with van der Waals surface area (Å²) in [5.41, 5.74) is 2.71. The van der Waals surface area contributed by atoms with Gasteiger partial charge >= 0.3 is 5.97 Å². The second-order valence-electron chi connectivity index (χ2n) is 7.30. The van der Waals surface area contributed by atoms with E-state index < -0.39 is 5.97 Å². The molecule has 0 aliphatic rings. The van der Waals surface area contributed by atoms with Crippen LogP contribution in [0.15, 0.2) is 83.5 Å². The van der Waals surface area contributed by atoms with Crippen LogP contribution >= 0.6 is 46.5 Å². The molecule has 10 heteroatoms. The molecule has 0 fully saturated rings. The molecule has 5 aromatic rings. The highest BCUT2D eigenvalue weighted by atomic mass is 35.5. The van der Waals surface area contributed by atoms with Crippen LogP contribution in [0.4, 0.5) is 5.69 Å². The highest BCUT2D eigenvalue weighted by Gasteiger charge is 2.16. The minimum absolute atomic E-state index is 0.196. The molecule has 0 spiro atoms. The predicted molar refractivity (Wildman–Crippen MR) is 139 cm³/mol. The van der Waals surface area contributed by atoms with Gasteiger partial charge in [0.2, 0.25) is 0 Å². The number of aliphatic carboxylic acids is 1. The van der Waals surface area contributed by atoms with E-state index in [0.717, 1.165) is 37.9 Å². The number of hydrogen-bond donors (Lipinski definition) is 1. The molecule has 0 radical (unpaired) electrons. The Morgan fingerprint density at radius 1 is 1.03 bits per heavy atom. The third-order valence-corrected chi connectivity index (χ3v) is 7.23. The van der Waals surface area contributed by atoms with Gasteiger partial charge in [0.1, 0.15) is 17.4 Å². The van der Waals surface area contributed by atoms with Gasteiger partial charge in [-0.3, -0.25) is 4.79 Å². The van der Waals surface area contributed by atoms with Crippen LogP contribution in [0.1, 0.15) is 0 Å². The summed E-state index contributed by atoms with van der Waals surface area (Å²) in [7, 11) is 0. The molecule has 0 unspecified atom stereocenters. The highest BCUT2D eigenvalue weighted by molar-refractivity contribution is 8.00. The number of nitrogens with zero attached hydrogens (tertiary/aromatic N) is 4. The molecule has 1 N–H and O–H groups in total. The third-order valence-electron chi connectivity index (χ3n) is 4.96.